The molecule has 0 saturated heterocycles. The Bertz CT molecular complexity index is 674. The highest BCUT2D eigenvalue weighted by molar-refractivity contribution is 7.10. The lowest BCUT2D eigenvalue weighted by Crippen LogP contribution is -1.94. The van der Waals surface area contributed by atoms with Crippen LogP contribution in [-0.4, -0.2) is 5.78 Å². The molecule has 86 valence electrons. The zero-order valence-corrected chi connectivity index (χ0v) is 10.0. The number of Topliss-reactive ketones (excluding diaryl/α,β-unsaturated/α-hetero) is 1. The number of nitrogens with zero attached hydrogens (tertiary/aromatic N) is 3. The molecule has 1 aromatic heterocycles. The first-order chi connectivity index (χ1) is 8.81. The second-order valence-corrected chi connectivity index (χ2v) is 4.21. The predicted octanol–water partition coefficient (Wildman–Crippen LogP) is 3.92. The third-order valence-corrected chi connectivity index (χ3v) is 2.91. The van der Waals surface area contributed by atoms with Crippen LogP contribution in [0.2, 0.25) is 0 Å². The van der Waals surface area contributed by atoms with E-state index in [4.69, 9.17) is 5.53 Å². The van der Waals surface area contributed by atoms with Gasteiger partial charge in [-0.1, -0.05) is 29.4 Å². The Morgan fingerprint density at radius 3 is 2.83 bits per heavy atom. The summed E-state index contributed by atoms with van der Waals surface area (Å²) >= 11 is 1.47. The molecule has 0 spiro atoms. The van der Waals surface area contributed by atoms with Gasteiger partial charge in [-0.15, -0.1) is 11.3 Å². The minimum atomic E-state index is -0.355. The van der Waals surface area contributed by atoms with Crippen molar-refractivity contribution in [3.63, 3.8) is 0 Å². The number of thiophene rings is 1. The van der Waals surface area contributed by atoms with E-state index in [0.717, 1.165) is 4.88 Å². The van der Waals surface area contributed by atoms with Crippen LogP contribution in [0, 0.1) is 11.8 Å². The molecular formula is C13H7N3OS. The second-order valence-electron chi connectivity index (χ2n) is 3.26. The number of hydrogen-bond donors (Lipinski definition) is 0. The number of carbonyl (C=O) groups excluding carboxylic acids is 1. The van der Waals surface area contributed by atoms with Crippen LogP contribution in [0.3, 0.4) is 0 Å². The van der Waals surface area contributed by atoms with Crippen LogP contribution < -0.4 is 0 Å². The number of carbonyl (C=O) groups is 1. The fourth-order valence-corrected chi connectivity index (χ4v) is 1.91. The molecule has 1 aromatic carbocycles. The molecule has 0 unspecified atom stereocenters. The van der Waals surface area contributed by atoms with Crippen molar-refractivity contribution in [1.29, 1.82) is 0 Å². The van der Waals surface area contributed by atoms with Crippen molar-refractivity contribution in [3.05, 3.63) is 62.7 Å². The second kappa shape index (κ2) is 5.69. The van der Waals surface area contributed by atoms with Gasteiger partial charge in [0.25, 0.3) is 0 Å². The van der Waals surface area contributed by atoms with Crippen molar-refractivity contribution in [1.82, 2.24) is 0 Å². The molecular weight excluding hydrogens is 246 g/mol. The first-order valence-electron chi connectivity index (χ1n) is 5.05. The molecule has 0 radical (unpaired) electrons. The number of azide groups is 1. The Hall–Kier alpha value is -2.54. The number of benzene rings is 1. The molecule has 0 N–H and O–H groups in total. The van der Waals surface area contributed by atoms with Crippen molar-refractivity contribution in [2.75, 3.05) is 0 Å². The van der Waals surface area contributed by atoms with Crippen LogP contribution in [-0.2, 0) is 0 Å². The van der Waals surface area contributed by atoms with Crippen LogP contribution in [0.1, 0.15) is 15.2 Å². The lowest BCUT2D eigenvalue weighted by Gasteiger charge is -1.97. The molecule has 2 rings (SSSR count). The van der Waals surface area contributed by atoms with Gasteiger partial charge < -0.3 is 0 Å². The van der Waals surface area contributed by atoms with Gasteiger partial charge in [-0.3, -0.25) is 4.79 Å². The quantitative estimate of drug-likeness (QED) is 0.263. The van der Waals surface area contributed by atoms with E-state index in [1.54, 1.807) is 24.3 Å². The summed E-state index contributed by atoms with van der Waals surface area (Å²) in [7, 11) is 0. The molecule has 1 heterocycles. The van der Waals surface area contributed by atoms with Gasteiger partial charge >= 0.3 is 0 Å². The maximum absolute atomic E-state index is 11.9. The van der Waals surface area contributed by atoms with Crippen LogP contribution in [0.25, 0.3) is 10.4 Å². The van der Waals surface area contributed by atoms with Gasteiger partial charge in [0.05, 0.1) is 4.88 Å². The van der Waals surface area contributed by atoms with Gasteiger partial charge in [-0.2, -0.15) is 0 Å². The third-order valence-electron chi connectivity index (χ3n) is 2.12. The molecule has 0 fully saturated rings. The number of rotatable bonds is 2. The SMILES string of the molecule is [N-]=[N+]=Nc1ccccc1C(=O)C#Cc1cccs1. The highest BCUT2D eigenvalue weighted by atomic mass is 32.1. The fraction of sp³-hybridized carbons (Fsp3) is 0. The zero-order chi connectivity index (χ0) is 12.8. The average Bonchev–Trinajstić information content (AvgIpc) is 2.90. The topological polar surface area (TPSA) is 65.8 Å². The summed E-state index contributed by atoms with van der Waals surface area (Å²) < 4.78 is 0. The predicted molar refractivity (Wildman–Crippen MR) is 70.8 cm³/mol. The molecule has 0 aliphatic heterocycles. The van der Waals surface area contributed by atoms with Crippen molar-refractivity contribution in [2.45, 2.75) is 0 Å². The van der Waals surface area contributed by atoms with E-state index in [1.165, 1.54) is 11.3 Å². The van der Waals surface area contributed by atoms with Gasteiger partial charge in [0, 0.05) is 16.2 Å². The van der Waals surface area contributed by atoms with E-state index < -0.39 is 0 Å². The summed E-state index contributed by atoms with van der Waals surface area (Å²) in [5, 5.41) is 5.36. The molecule has 0 amide bonds. The summed E-state index contributed by atoms with van der Waals surface area (Å²) in [5.74, 6) is 4.96. The Kier molecular flexibility index (Phi) is 3.77. The zero-order valence-electron chi connectivity index (χ0n) is 9.20. The van der Waals surface area contributed by atoms with Crippen LogP contribution >= 0.6 is 11.3 Å². The van der Waals surface area contributed by atoms with Crippen LogP contribution in [0.4, 0.5) is 5.69 Å². The monoisotopic (exact) mass is 253 g/mol. The molecule has 18 heavy (non-hydrogen) atoms. The van der Waals surface area contributed by atoms with Gasteiger partial charge in [0.2, 0.25) is 5.78 Å². The molecule has 2 aromatic rings. The van der Waals surface area contributed by atoms with E-state index >= 15 is 0 Å². The maximum atomic E-state index is 11.9. The Morgan fingerprint density at radius 2 is 2.11 bits per heavy atom. The number of ketones is 1. The largest absolute Gasteiger partial charge is 0.279 e. The lowest BCUT2D eigenvalue weighted by molar-refractivity contribution is 0.105. The van der Waals surface area contributed by atoms with E-state index in [2.05, 4.69) is 21.9 Å². The minimum absolute atomic E-state index is 0.297. The Morgan fingerprint density at radius 1 is 1.28 bits per heavy atom. The summed E-state index contributed by atoms with van der Waals surface area (Å²) in [6.07, 6.45) is 0. The average molecular weight is 253 g/mol. The lowest BCUT2D eigenvalue weighted by atomic mass is 10.1. The third kappa shape index (κ3) is 2.77. The summed E-state index contributed by atoms with van der Waals surface area (Å²) in [4.78, 5) is 15.4. The molecule has 4 nitrogen and oxygen atoms in total. The molecule has 5 heteroatoms. The van der Waals surface area contributed by atoms with E-state index in [9.17, 15) is 4.79 Å². The standard InChI is InChI=1S/C13H7N3OS/c14-16-15-12-6-2-1-5-11(12)13(17)8-7-10-4-3-9-18-10/h1-6,9H. The Balaban J connectivity index is 2.32. The minimum Gasteiger partial charge on any atom is -0.279 e. The van der Waals surface area contributed by atoms with Crippen molar-refractivity contribution < 1.29 is 4.79 Å². The van der Waals surface area contributed by atoms with Gasteiger partial charge in [0.1, 0.15) is 0 Å². The Labute approximate surface area is 108 Å². The molecule has 0 aliphatic rings. The highest BCUT2D eigenvalue weighted by Gasteiger charge is 2.06. The van der Waals surface area contributed by atoms with Crippen LogP contribution in [0.15, 0.2) is 46.9 Å². The van der Waals surface area contributed by atoms with E-state index in [1.807, 2.05) is 17.5 Å². The molecule has 0 atom stereocenters. The smallest absolute Gasteiger partial charge is 0.236 e. The first-order valence-corrected chi connectivity index (χ1v) is 5.93. The van der Waals surface area contributed by atoms with Gasteiger partial charge in [0.15, 0.2) is 0 Å². The van der Waals surface area contributed by atoms with E-state index in [-0.39, 0.29) is 5.78 Å². The van der Waals surface area contributed by atoms with Gasteiger partial charge in [-0.05, 0) is 34.9 Å². The van der Waals surface area contributed by atoms with Crippen molar-refractivity contribution >= 4 is 22.8 Å². The van der Waals surface area contributed by atoms with E-state index in [0.29, 0.717) is 11.3 Å². The number of hydrogen-bond acceptors (Lipinski definition) is 3. The molecule has 0 saturated carbocycles. The highest BCUT2D eigenvalue weighted by Crippen LogP contribution is 2.19. The van der Waals surface area contributed by atoms with Crippen LogP contribution in [0.5, 0.6) is 0 Å². The maximum Gasteiger partial charge on any atom is 0.236 e. The fourth-order valence-electron chi connectivity index (χ4n) is 1.34. The first kappa shape index (κ1) is 11.9. The summed E-state index contributed by atoms with van der Waals surface area (Å²) in [6.45, 7) is 0. The summed E-state index contributed by atoms with van der Waals surface area (Å²) in [5.41, 5.74) is 9.03. The molecule has 0 aliphatic carbocycles. The normalized spacial score (nSPS) is 8.89. The van der Waals surface area contributed by atoms with Gasteiger partial charge in [-0.25, -0.2) is 0 Å². The summed E-state index contributed by atoms with van der Waals surface area (Å²) in [6, 6.07) is 10.3. The molecule has 0 bridgehead atoms. The van der Waals surface area contributed by atoms with Crippen molar-refractivity contribution in [2.24, 2.45) is 5.11 Å². The van der Waals surface area contributed by atoms with Crippen molar-refractivity contribution in [3.8, 4) is 11.8 Å².